The number of fused-ring (bicyclic) bond motifs is 2. The molecule has 2 aliphatic heterocycles. The Hall–Kier alpha value is -1.15. The normalized spacial score (nSPS) is 34.2. The molecule has 0 aliphatic carbocycles. The van der Waals surface area contributed by atoms with Gasteiger partial charge < -0.3 is 4.84 Å². The number of nitrogens with zero attached hydrogens (tertiary/aromatic N) is 3. The summed E-state index contributed by atoms with van der Waals surface area (Å²) in [5, 5.41) is 12.4. The molecule has 2 fully saturated rings. The highest BCUT2D eigenvalue weighted by molar-refractivity contribution is 6.30. The third kappa shape index (κ3) is 2.02. The highest BCUT2D eigenvalue weighted by Crippen LogP contribution is 2.46. The van der Waals surface area contributed by atoms with E-state index in [4.69, 9.17) is 16.4 Å². The average molecular weight is 278 g/mol. The van der Waals surface area contributed by atoms with Crippen molar-refractivity contribution < 1.29 is 4.84 Å². The first kappa shape index (κ1) is 12.9. The van der Waals surface area contributed by atoms with Crippen LogP contribution in [0, 0.1) is 11.3 Å². The van der Waals surface area contributed by atoms with Crippen molar-refractivity contribution in [2.45, 2.75) is 43.2 Å². The van der Waals surface area contributed by atoms with Gasteiger partial charge in [0.25, 0.3) is 0 Å². The molecule has 2 unspecified atom stereocenters. The Balaban J connectivity index is 1.97. The molecule has 2 aliphatic rings. The largest absolute Gasteiger partial charge is 0.302 e. The van der Waals surface area contributed by atoms with Crippen LogP contribution in [-0.4, -0.2) is 29.2 Å². The smallest absolute Gasteiger partial charge is 0.0869 e. The van der Waals surface area contributed by atoms with Gasteiger partial charge in [-0.3, -0.25) is 4.98 Å². The molecule has 2 bridgehead atoms. The number of hydroxylamine groups is 2. The topological polar surface area (TPSA) is 49.1 Å². The molecule has 0 N–H and O–H groups in total. The zero-order chi connectivity index (χ0) is 13.5. The minimum atomic E-state index is -0.473. The number of pyridine rings is 1. The van der Waals surface area contributed by atoms with Crippen LogP contribution in [-0.2, 0) is 10.3 Å². The number of aromatic nitrogens is 1. The van der Waals surface area contributed by atoms with Gasteiger partial charge in [0.2, 0.25) is 0 Å². The van der Waals surface area contributed by atoms with Gasteiger partial charge in [0.1, 0.15) is 0 Å². The van der Waals surface area contributed by atoms with Crippen LogP contribution in [0.4, 0.5) is 0 Å². The highest BCUT2D eigenvalue weighted by atomic mass is 35.5. The first-order valence-electron chi connectivity index (χ1n) is 6.53. The van der Waals surface area contributed by atoms with E-state index in [1.807, 2.05) is 6.07 Å². The highest BCUT2D eigenvalue weighted by Gasteiger charge is 2.50. The molecule has 1 aromatic heterocycles. The lowest BCUT2D eigenvalue weighted by Gasteiger charge is -2.41. The Kier molecular flexibility index (Phi) is 3.22. The van der Waals surface area contributed by atoms with Crippen LogP contribution < -0.4 is 0 Å². The SMILES string of the molecule is CON1C2CCC1CC(C#N)(c1cncc(Cl)c1)C2. The Morgan fingerprint density at radius 1 is 1.42 bits per heavy atom. The van der Waals surface area contributed by atoms with Crippen LogP contribution in [0.15, 0.2) is 18.5 Å². The van der Waals surface area contributed by atoms with E-state index < -0.39 is 5.41 Å². The summed E-state index contributed by atoms with van der Waals surface area (Å²) in [5.74, 6) is 0. The Morgan fingerprint density at radius 3 is 2.63 bits per heavy atom. The van der Waals surface area contributed by atoms with Gasteiger partial charge in [-0.05, 0) is 37.3 Å². The fourth-order valence-corrected chi connectivity index (χ4v) is 3.75. The van der Waals surface area contributed by atoms with Gasteiger partial charge in [-0.15, -0.1) is 0 Å². The maximum atomic E-state index is 9.73. The average Bonchev–Trinajstić information content (AvgIpc) is 2.68. The quantitative estimate of drug-likeness (QED) is 0.834. The summed E-state index contributed by atoms with van der Waals surface area (Å²) in [7, 11) is 1.71. The van der Waals surface area contributed by atoms with Gasteiger partial charge in [0.05, 0.1) is 23.6 Å². The Labute approximate surface area is 117 Å². The van der Waals surface area contributed by atoms with E-state index >= 15 is 0 Å². The summed E-state index contributed by atoms with van der Waals surface area (Å²) < 4.78 is 0. The van der Waals surface area contributed by atoms with E-state index in [0.29, 0.717) is 17.1 Å². The van der Waals surface area contributed by atoms with Gasteiger partial charge in [0, 0.05) is 24.5 Å². The van der Waals surface area contributed by atoms with E-state index in [1.165, 1.54) is 0 Å². The van der Waals surface area contributed by atoms with Crippen molar-refractivity contribution in [2.75, 3.05) is 7.11 Å². The van der Waals surface area contributed by atoms with Crippen molar-refractivity contribution in [3.05, 3.63) is 29.0 Å². The number of hydrogen-bond acceptors (Lipinski definition) is 4. The third-order valence-electron chi connectivity index (χ3n) is 4.40. The molecule has 2 saturated heterocycles. The molecule has 100 valence electrons. The predicted octanol–water partition coefficient (Wildman–Crippen LogP) is 2.68. The molecular weight excluding hydrogens is 262 g/mol. The number of halogens is 1. The van der Waals surface area contributed by atoms with Crippen molar-refractivity contribution in [3.8, 4) is 6.07 Å². The fourth-order valence-electron chi connectivity index (χ4n) is 3.57. The summed E-state index contributed by atoms with van der Waals surface area (Å²) >= 11 is 6.02. The minimum Gasteiger partial charge on any atom is -0.302 e. The van der Waals surface area contributed by atoms with Crippen molar-refractivity contribution in [1.29, 1.82) is 5.26 Å². The van der Waals surface area contributed by atoms with E-state index in [1.54, 1.807) is 19.5 Å². The standard InChI is InChI=1S/C14H16ClN3O/c1-19-18-12-2-3-13(18)6-14(5-12,9-16)10-4-11(15)8-17-7-10/h4,7-8,12-13H,2-3,5-6H2,1H3. The fraction of sp³-hybridized carbons (Fsp3) is 0.571. The van der Waals surface area contributed by atoms with E-state index in [0.717, 1.165) is 31.2 Å². The minimum absolute atomic E-state index is 0.322. The third-order valence-corrected chi connectivity index (χ3v) is 4.61. The van der Waals surface area contributed by atoms with Gasteiger partial charge in [-0.1, -0.05) is 11.6 Å². The number of rotatable bonds is 2. The van der Waals surface area contributed by atoms with Crippen LogP contribution in [0.25, 0.3) is 0 Å². The second kappa shape index (κ2) is 4.75. The van der Waals surface area contributed by atoms with Crippen molar-refractivity contribution in [3.63, 3.8) is 0 Å². The van der Waals surface area contributed by atoms with E-state index in [2.05, 4.69) is 16.1 Å². The van der Waals surface area contributed by atoms with E-state index in [-0.39, 0.29) is 0 Å². The van der Waals surface area contributed by atoms with Crippen LogP contribution in [0.3, 0.4) is 0 Å². The number of piperidine rings is 1. The summed E-state index contributed by atoms with van der Waals surface area (Å²) in [4.78, 5) is 9.59. The number of nitriles is 1. The number of hydrogen-bond donors (Lipinski definition) is 0. The first-order chi connectivity index (χ1) is 9.18. The molecule has 0 spiro atoms. The lowest BCUT2D eigenvalue weighted by Crippen LogP contribution is -2.48. The molecule has 4 nitrogen and oxygen atoms in total. The van der Waals surface area contributed by atoms with Crippen molar-refractivity contribution in [2.24, 2.45) is 0 Å². The molecular formula is C14H16ClN3O. The lowest BCUT2D eigenvalue weighted by atomic mass is 9.72. The molecule has 0 radical (unpaired) electrons. The monoisotopic (exact) mass is 277 g/mol. The summed E-state index contributed by atoms with van der Waals surface area (Å²) in [6, 6.07) is 5.04. The van der Waals surface area contributed by atoms with Gasteiger partial charge in [0.15, 0.2) is 0 Å². The van der Waals surface area contributed by atoms with Crippen molar-refractivity contribution >= 4 is 11.6 Å². The summed E-state index contributed by atoms with van der Waals surface area (Å²) in [6.45, 7) is 0. The predicted molar refractivity (Wildman–Crippen MR) is 71.4 cm³/mol. The molecule has 3 heterocycles. The van der Waals surface area contributed by atoms with Gasteiger partial charge in [-0.2, -0.15) is 10.3 Å². The maximum Gasteiger partial charge on any atom is 0.0869 e. The molecule has 5 heteroatoms. The second-order valence-electron chi connectivity index (χ2n) is 5.42. The molecule has 2 atom stereocenters. The first-order valence-corrected chi connectivity index (χ1v) is 6.91. The van der Waals surface area contributed by atoms with Gasteiger partial charge in [-0.25, -0.2) is 0 Å². The molecule has 0 aromatic carbocycles. The second-order valence-corrected chi connectivity index (χ2v) is 5.86. The molecule has 3 rings (SSSR count). The Bertz CT molecular complexity index is 514. The zero-order valence-corrected chi connectivity index (χ0v) is 11.6. The molecule has 0 saturated carbocycles. The lowest BCUT2D eigenvalue weighted by molar-refractivity contribution is -0.188. The molecule has 1 aromatic rings. The van der Waals surface area contributed by atoms with Gasteiger partial charge >= 0.3 is 0 Å². The Morgan fingerprint density at radius 2 is 2.11 bits per heavy atom. The van der Waals surface area contributed by atoms with Crippen LogP contribution >= 0.6 is 11.6 Å². The van der Waals surface area contributed by atoms with Crippen LogP contribution in [0.2, 0.25) is 5.02 Å². The van der Waals surface area contributed by atoms with Crippen LogP contribution in [0.1, 0.15) is 31.2 Å². The molecule has 0 amide bonds. The summed E-state index contributed by atoms with van der Waals surface area (Å²) in [5.41, 5.74) is 0.467. The van der Waals surface area contributed by atoms with Crippen LogP contribution in [0.5, 0.6) is 0 Å². The van der Waals surface area contributed by atoms with E-state index in [9.17, 15) is 5.26 Å². The zero-order valence-electron chi connectivity index (χ0n) is 10.8. The molecule has 19 heavy (non-hydrogen) atoms. The summed E-state index contributed by atoms with van der Waals surface area (Å²) in [6.07, 6.45) is 7.14. The maximum absolute atomic E-state index is 9.73. The van der Waals surface area contributed by atoms with Crippen molar-refractivity contribution in [1.82, 2.24) is 10.0 Å².